The molecule has 0 aliphatic heterocycles. The number of rotatable bonds is 10. The summed E-state index contributed by atoms with van der Waals surface area (Å²) in [6, 6.07) is 10.8. The van der Waals surface area contributed by atoms with E-state index < -0.39 is 10.1 Å². The fraction of sp³-hybridized carbons (Fsp3) is 0.400. The Hall–Kier alpha value is -0.414. The predicted octanol–water partition coefficient (Wildman–Crippen LogP) is 1.71. The number of hydrogen-bond donors (Lipinski definition) is 1. The van der Waals surface area contributed by atoms with Crippen molar-refractivity contribution in [2.75, 3.05) is 0 Å². The monoisotopic (exact) mass is 416 g/mol. The third kappa shape index (κ3) is 7.85. The van der Waals surface area contributed by atoms with Crippen LogP contribution in [-0.4, -0.2) is 13.0 Å². The van der Waals surface area contributed by atoms with Crippen LogP contribution in [0.15, 0.2) is 47.4 Å². The average Bonchev–Trinajstić information content (AvgIpc) is 2.59. The van der Waals surface area contributed by atoms with Gasteiger partial charge in [-0.25, -0.2) is 0 Å². The molecule has 142 valence electrons. The van der Waals surface area contributed by atoms with Crippen LogP contribution in [-0.2, 0) is 16.5 Å². The van der Waals surface area contributed by atoms with E-state index in [4.69, 9.17) is 4.74 Å². The van der Waals surface area contributed by atoms with E-state index in [1.165, 1.54) is 37.5 Å². The van der Waals surface area contributed by atoms with Crippen LogP contribution in [0.4, 0.5) is 0 Å². The van der Waals surface area contributed by atoms with Crippen LogP contribution >= 0.6 is 0 Å². The minimum Gasteiger partial charge on any atom is -0.870 e. The minimum atomic E-state index is -4.48. The second-order valence-electron chi connectivity index (χ2n) is 6.29. The SMILES string of the molecule is CCCCCCCCc1cccc(Oc2ccccc2[O-])c1S(=O)(=O)O.[K+]. The average molecular weight is 417 g/mol. The molecule has 2 rings (SSSR count). The van der Waals surface area contributed by atoms with Gasteiger partial charge < -0.3 is 9.84 Å². The maximum absolute atomic E-state index is 11.9. The van der Waals surface area contributed by atoms with Crippen LogP contribution in [0.2, 0.25) is 0 Å². The number of ether oxygens (including phenoxy) is 1. The molecule has 0 atom stereocenters. The largest absolute Gasteiger partial charge is 1.00 e. The maximum atomic E-state index is 11.9. The molecule has 27 heavy (non-hydrogen) atoms. The first-order valence-electron chi connectivity index (χ1n) is 8.96. The molecule has 0 heterocycles. The third-order valence-corrected chi connectivity index (χ3v) is 5.17. The standard InChI is InChI=1S/C20H26O5S.K/c1-2-3-4-5-6-7-11-16-12-10-15-19(20(16)26(22,23)24)25-18-14-9-8-13-17(18)21;/h8-10,12-15,21H,2-7,11H2,1H3,(H,22,23,24);/q;+1/p-1. The quantitative estimate of drug-likeness (QED) is 0.362. The van der Waals surface area contributed by atoms with Crippen LogP contribution in [0.3, 0.4) is 0 Å². The molecule has 0 fully saturated rings. The number of benzene rings is 2. The van der Waals surface area contributed by atoms with Gasteiger partial charge in [0.05, 0.1) is 0 Å². The summed E-state index contributed by atoms with van der Waals surface area (Å²) in [5.74, 6) is -0.358. The first-order chi connectivity index (χ1) is 12.4. The van der Waals surface area contributed by atoms with Gasteiger partial charge in [0, 0.05) is 0 Å². The Labute approximate surface area is 204 Å². The molecule has 7 heteroatoms. The number of para-hydroxylation sites is 2. The molecule has 0 aromatic heterocycles. The summed E-state index contributed by atoms with van der Waals surface area (Å²) in [5, 5.41) is 11.8. The van der Waals surface area contributed by atoms with Crippen LogP contribution in [0.5, 0.6) is 17.2 Å². The van der Waals surface area contributed by atoms with Gasteiger partial charge >= 0.3 is 51.4 Å². The van der Waals surface area contributed by atoms with Crippen LogP contribution < -0.4 is 61.2 Å². The van der Waals surface area contributed by atoms with E-state index in [9.17, 15) is 18.1 Å². The van der Waals surface area contributed by atoms with Crippen molar-refractivity contribution in [1.29, 1.82) is 0 Å². The van der Waals surface area contributed by atoms with Gasteiger partial charge in [0.25, 0.3) is 10.1 Å². The molecule has 0 saturated heterocycles. The summed E-state index contributed by atoms with van der Waals surface area (Å²) in [7, 11) is -4.48. The van der Waals surface area contributed by atoms with E-state index in [0.717, 1.165) is 19.3 Å². The summed E-state index contributed by atoms with van der Waals surface area (Å²) in [4.78, 5) is -0.253. The molecule has 0 spiro atoms. The molecule has 0 saturated carbocycles. The van der Waals surface area contributed by atoms with Gasteiger partial charge in [-0.2, -0.15) is 8.42 Å². The van der Waals surface area contributed by atoms with Crippen LogP contribution in [0.1, 0.15) is 51.0 Å². The second kappa shape index (κ2) is 12.2. The zero-order chi connectivity index (χ0) is 19.0. The van der Waals surface area contributed by atoms with Gasteiger partial charge in [0.15, 0.2) is 0 Å². The minimum absolute atomic E-state index is 0. The summed E-state index contributed by atoms with van der Waals surface area (Å²) >= 11 is 0. The molecule has 0 aliphatic rings. The van der Waals surface area contributed by atoms with Gasteiger partial charge in [-0.1, -0.05) is 75.1 Å². The van der Waals surface area contributed by atoms with Gasteiger partial charge in [0.2, 0.25) is 0 Å². The molecular weight excluding hydrogens is 391 g/mol. The number of unbranched alkanes of at least 4 members (excludes halogenated alkanes) is 5. The van der Waals surface area contributed by atoms with Crippen molar-refractivity contribution in [2.45, 2.75) is 56.8 Å². The van der Waals surface area contributed by atoms with E-state index >= 15 is 0 Å². The Bertz CT molecular complexity index is 821. The van der Waals surface area contributed by atoms with Crippen LogP contribution in [0, 0.1) is 0 Å². The van der Waals surface area contributed by atoms with E-state index in [0.29, 0.717) is 12.0 Å². The van der Waals surface area contributed by atoms with E-state index in [-0.39, 0.29) is 73.5 Å². The molecule has 5 nitrogen and oxygen atoms in total. The molecule has 0 radical (unpaired) electrons. The fourth-order valence-corrected chi connectivity index (χ4v) is 3.75. The molecule has 0 bridgehead atoms. The fourth-order valence-electron chi connectivity index (χ4n) is 2.88. The van der Waals surface area contributed by atoms with Crippen molar-refractivity contribution in [2.24, 2.45) is 0 Å². The zero-order valence-electron chi connectivity index (χ0n) is 16.0. The van der Waals surface area contributed by atoms with Gasteiger partial charge in [-0.3, -0.25) is 4.55 Å². The molecular formula is C20H25KO5S. The number of aryl methyl sites for hydroxylation is 1. The Morgan fingerprint density at radius 2 is 1.56 bits per heavy atom. The zero-order valence-corrected chi connectivity index (χ0v) is 19.9. The first-order valence-corrected chi connectivity index (χ1v) is 10.4. The smallest absolute Gasteiger partial charge is 0.870 e. The Balaban J connectivity index is 0.00000364. The van der Waals surface area contributed by atoms with E-state index in [1.54, 1.807) is 24.3 Å². The Kier molecular flexibility index (Phi) is 11.1. The summed E-state index contributed by atoms with van der Waals surface area (Å²) in [6.07, 6.45) is 7.01. The van der Waals surface area contributed by atoms with Gasteiger partial charge in [0.1, 0.15) is 16.4 Å². The Morgan fingerprint density at radius 3 is 2.22 bits per heavy atom. The molecule has 2 aromatic rings. The molecule has 1 N–H and O–H groups in total. The normalized spacial score (nSPS) is 11.0. The molecule has 0 unspecified atom stereocenters. The van der Waals surface area contributed by atoms with Crippen molar-refractivity contribution in [3.05, 3.63) is 48.0 Å². The van der Waals surface area contributed by atoms with Crippen LogP contribution in [0.25, 0.3) is 0 Å². The summed E-state index contributed by atoms with van der Waals surface area (Å²) < 4.78 is 39.0. The maximum Gasteiger partial charge on any atom is 1.00 e. The first kappa shape index (κ1) is 24.6. The van der Waals surface area contributed by atoms with Crippen molar-refractivity contribution < 1.29 is 74.2 Å². The molecule has 0 aliphatic carbocycles. The van der Waals surface area contributed by atoms with E-state index in [2.05, 4.69) is 6.92 Å². The number of hydrogen-bond acceptors (Lipinski definition) is 4. The predicted molar refractivity (Wildman–Crippen MR) is 99.3 cm³/mol. The van der Waals surface area contributed by atoms with Gasteiger partial charge in [-0.05, 0) is 30.5 Å². The summed E-state index contributed by atoms with van der Waals surface area (Å²) in [5.41, 5.74) is 0.504. The molecule has 2 aromatic carbocycles. The van der Waals surface area contributed by atoms with Gasteiger partial charge in [-0.15, -0.1) is 0 Å². The van der Waals surface area contributed by atoms with Crippen molar-refractivity contribution in [3.8, 4) is 17.2 Å². The third-order valence-electron chi connectivity index (χ3n) is 4.19. The second-order valence-corrected chi connectivity index (χ2v) is 7.64. The Morgan fingerprint density at radius 1 is 0.926 bits per heavy atom. The van der Waals surface area contributed by atoms with Crippen molar-refractivity contribution >= 4 is 10.1 Å². The van der Waals surface area contributed by atoms with Crippen molar-refractivity contribution in [1.82, 2.24) is 0 Å². The van der Waals surface area contributed by atoms with Crippen molar-refractivity contribution in [3.63, 3.8) is 0 Å². The molecule has 0 amide bonds. The topological polar surface area (TPSA) is 86.7 Å². The van der Waals surface area contributed by atoms with E-state index in [1.807, 2.05) is 0 Å². The summed E-state index contributed by atoms with van der Waals surface area (Å²) in [6.45, 7) is 2.16.